The molecule has 0 spiro atoms. The van der Waals surface area contributed by atoms with Crippen LogP contribution < -0.4 is 16.4 Å². The van der Waals surface area contributed by atoms with Crippen molar-refractivity contribution in [2.45, 2.75) is 6.04 Å². The number of nitrogens with two attached hydrogens (primary N) is 1. The van der Waals surface area contributed by atoms with Gasteiger partial charge in [-0.3, -0.25) is 9.59 Å². The van der Waals surface area contributed by atoms with Crippen LogP contribution in [0.5, 0.6) is 0 Å². The maximum atomic E-state index is 10.5. The Hall–Kier alpha value is -1.14. The topological polar surface area (TPSA) is 93.5 Å². The largest absolute Gasteiger partial charge is 0.471 e. The molecule has 0 aromatic carbocycles. The summed E-state index contributed by atoms with van der Waals surface area (Å²) in [6.07, 6.45) is 0. The van der Waals surface area contributed by atoms with Crippen LogP contribution in [0.2, 0.25) is 0 Å². The molecule has 6 heteroatoms. The molecule has 0 aromatic rings. The zero-order valence-electron chi connectivity index (χ0n) is 7.58. The highest BCUT2D eigenvalue weighted by Crippen LogP contribution is 1.83. The lowest BCUT2D eigenvalue weighted by Crippen LogP contribution is -2.54. The van der Waals surface area contributed by atoms with Gasteiger partial charge in [-0.05, 0) is 0 Å². The second-order valence-corrected chi connectivity index (χ2v) is 2.45. The number of hydrogen-bond donors (Lipinski definition) is 3. The van der Waals surface area contributed by atoms with Crippen LogP contribution >= 0.6 is 0 Å². The number of rotatable bonds is 2. The van der Waals surface area contributed by atoms with Crippen molar-refractivity contribution in [3.05, 3.63) is 0 Å². The number of amides is 1. The first-order chi connectivity index (χ1) is 6.22. The predicted molar refractivity (Wildman–Crippen MR) is 46.9 cm³/mol. The quantitative estimate of drug-likeness (QED) is 0.429. The summed E-state index contributed by atoms with van der Waals surface area (Å²) in [4.78, 5) is 19.4. The van der Waals surface area contributed by atoms with Crippen LogP contribution in [-0.4, -0.2) is 45.2 Å². The van der Waals surface area contributed by atoms with E-state index >= 15 is 0 Å². The number of nitrogens with one attached hydrogen (secondary N) is 2. The van der Waals surface area contributed by atoms with Crippen LogP contribution in [0.4, 0.5) is 0 Å². The fraction of sp³-hybridized carbons (Fsp3) is 0.714. The summed E-state index contributed by atoms with van der Waals surface area (Å²) in [5, 5.41) is 6.03. The normalized spacial score (nSPS) is 20.8. The molecular formula is C7H15N3O3. The molecule has 1 heterocycles. The fourth-order valence-electron chi connectivity index (χ4n) is 0.855. The van der Waals surface area contributed by atoms with Crippen LogP contribution in [-0.2, 0) is 14.3 Å². The molecule has 1 fully saturated rings. The monoisotopic (exact) mass is 189 g/mol. The Bertz CT molecular complexity index is 157. The minimum absolute atomic E-state index is 0.168. The molecule has 1 amide bonds. The molecule has 0 bridgehead atoms. The second kappa shape index (κ2) is 7.51. The van der Waals surface area contributed by atoms with Crippen LogP contribution in [0.1, 0.15) is 0 Å². The highest BCUT2D eigenvalue weighted by molar-refractivity contribution is 5.80. The molecule has 1 saturated heterocycles. The van der Waals surface area contributed by atoms with E-state index < -0.39 is 0 Å². The lowest BCUT2D eigenvalue weighted by Gasteiger charge is -2.21. The maximum Gasteiger partial charge on any atom is 0.292 e. The van der Waals surface area contributed by atoms with Gasteiger partial charge in [0.25, 0.3) is 6.47 Å². The zero-order valence-corrected chi connectivity index (χ0v) is 7.58. The zero-order chi connectivity index (χ0) is 10.1. The van der Waals surface area contributed by atoms with Crippen LogP contribution in [0.25, 0.3) is 0 Å². The van der Waals surface area contributed by atoms with Crippen LogP contribution in [0.3, 0.4) is 0 Å². The molecule has 1 rings (SSSR count). The van der Waals surface area contributed by atoms with Crippen LogP contribution in [0.15, 0.2) is 0 Å². The molecule has 13 heavy (non-hydrogen) atoms. The number of methoxy groups -OCH3 is 1. The van der Waals surface area contributed by atoms with E-state index in [1.54, 1.807) is 0 Å². The number of carbonyl (C=O) groups excluding carboxylic acids is 2. The van der Waals surface area contributed by atoms with Gasteiger partial charge in [-0.25, -0.2) is 0 Å². The number of hydrogen-bond acceptors (Lipinski definition) is 5. The average Bonchev–Trinajstić information content (AvgIpc) is 2.19. The SMILES string of the molecule is COC=O.NC(=O)C1CNCCN1. The maximum absolute atomic E-state index is 10.5. The Morgan fingerprint density at radius 2 is 2.23 bits per heavy atom. The van der Waals surface area contributed by atoms with E-state index in [-0.39, 0.29) is 11.9 Å². The highest BCUT2D eigenvalue weighted by atomic mass is 16.5. The number of ether oxygens (including phenoxy) is 1. The minimum Gasteiger partial charge on any atom is -0.471 e. The molecule has 0 radical (unpaired) electrons. The van der Waals surface area contributed by atoms with Crippen molar-refractivity contribution in [1.82, 2.24) is 10.6 Å². The first-order valence-corrected chi connectivity index (χ1v) is 3.92. The van der Waals surface area contributed by atoms with Gasteiger partial charge in [-0.1, -0.05) is 0 Å². The number of primary amides is 1. The molecule has 0 aliphatic carbocycles. The Morgan fingerprint density at radius 1 is 1.62 bits per heavy atom. The summed E-state index contributed by atoms with van der Waals surface area (Å²) >= 11 is 0. The summed E-state index contributed by atoms with van der Waals surface area (Å²) in [7, 11) is 1.31. The van der Waals surface area contributed by atoms with Crippen molar-refractivity contribution in [2.24, 2.45) is 5.73 Å². The molecule has 76 valence electrons. The Kier molecular flexibility index (Phi) is 6.85. The highest BCUT2D eigenvalue weighted by Gasteiger charge is 2.16. The Balaban J connectivity index is 0.000000310. The molecule has 4 N–H and O–H groups in total. The van der Waals surface area contributed by atoms with Crippen molar-refractivity contribution in [3.8, 4) is 0 Å². The van der Waals surface area contributed by atoms with Crippen molar-refractivity contribution >= 4 is 12.4 Å². The van der Waals surface area contributed by atoms with Gasteiger partial charge in [-0.2, -0.15) is 0 Å². The molecule has 1 aliphatic heterocycles. The van der Waals surface area contributed by atoms with E-state index in [1.807, 2.05) is 0 Å². The molecule has 0 aromatic heterocycles. The lowest BCUT2D eigenvalue weighted by molar-refractivity contribution is -0.126. The summed E-state index contributed by atoms with van der Waals surface area (Å²) in [6.45, 7) is 2.78. The van der Waals surface area contributed by atoms with E-state index in [4.69, 9.17) is 10.5 Å². The Morgan fingerprint density at radius 3 is 2.46 bits per heavy atom. The Labute approximate surface area is 76.8 Å². The summed E-state index contributed by atoms with van der Waals surface area (Å²) in [6, 6.07) is -0.168. The standard InChI is InChI=1S/C5H11N3O.C2H4O2/c6-5(9)4-3-7-1-2-8-4;1-4-2-3/h4,7-8H,1-3H2,(H2,6,9);2H,1H3. The number of carbonyl (C=O) groups is 2. The second-order valence-electron chi connectivity index (χ2n) is 2.45. The molecular weight excluding hydrogens is 174 g/mol. The number of piperazine rings is 1. The summed E-state index contributed by atoms with van der Waals surface area (Å²) < 4.78 is 3.86. The minimum atomic E-state index is -0.276. The molecule has 0 saturated carbocycles. The van der Waals surface area contributed by atoms with Gasteiger partial charge in [0, 0.05) is 19.6 Å². The first kappa shape index (κ1) is 11.9. The molecule has 6 nitrogen and oxygen atoms in total. The molecule has 1 atom stereocenters. The van der Waals surface area contributed by atoms with Gasteiger partial charge in [-0.15, -0.1) is 0 Å². The van der Waals surface area contributed by atoms with Gasteiger partial charge in [0.05, 0.1) is 13.2 Å². The van der Waals surface area contributed by atoms with Gasteiger partial charge in [0.2, 0.25) is 5.91 Å². The van der Waals surface area contributed by atoms with E-state index in [1.165, 1.54) is 7.11 Å². The first-order valence-electron chi connectivity index (χ1n) is 3.92. The van der Waals surface area contributed by atoms with Gasteiger partial charge < -0.3 is 21.1 Å². The molecule has 1 unspecified atom stereocenters. The third-order valence-electron chi connectivity index (χ3n) is 1.48. The van der Waals surface area contributed by atoms with Crippen molar-refractivity contribution < 1.29 is 14.3 Å². The summed E-state index contributed by atoms with van der Waals surface area (Å²) in [5.41, 5.74) is 5.03. The van der Waals surface area contributed by atoms with Crippen molar-refractivity contribution in [2.75, 3.05) is 26.7 Å². The van der Waals surface area contributed by atoms with E-state index in [0.29, 0.717) is 13.0 Å². The smallest absolute Gasteiger partial charge is 0.292 e. The van der Waals surface area contributed by atoms with Gasteiger partial charge in [0.1, 0.15) is 0 Å². The third-order valence-corrected chi connectivity index (χ3v) is 1.48. The lowest BCUT2D eigenvalue weighted by atomic mass is 10.2. The van der Waals surface area contributed by atoms with E-state index in [0.717, 1.165) is 13.1 Å². The third kappa shape index (κ3) is 6.06. The van der Waals surface area contributed by atoms with Crippen molar-refractivity contribution in [3.63, 3.8) is 0 Å². The average molecular weight is 189 g/mol. The van der Waals surface area contributed by atoms with Crippen molar-refractivity contribution in [1.29, 1.82) is 0 Å². The van der Waals surface area contributed by atoms with Crippen LogP contribution in [0, 0.1) is 0 Å². The van der Waals surface area contributed by atoms with Gasteiger partial charge in [0.15, 0.2) is 0 Å². The molecule has 1 aliphatic rings. The fourth-order valence-corrected chi connectivity index (χ4v) is 0.855. The van der Waals surface area contributed by atoms with Gasteiger partial charge >= 0.3 is 0 Å². The van der Waals surface area contributed by atoms with E-state index in [9.17, 15) is 4.79 Å². The predicted octanol–water partition coefficient (Wildman–Crippen LogP) is -2.18. The summed E-state index contributed by atoms with van der Waals surface area (Å²) in [5.74, 6) is -0.276. The van der Waals surface area contributed by atoms with E-state index in [2.05, 4.69) is 15.4 Å².